The number of nitrogens with one attached hydrogen (secondary N) is 2. The summed E-state index contributed by atoms with van der Waals surface area (Å²) < 4.78 is 6.68. The largest absolute Gasteiger partial charge is 0.383 e. The maximum absolute atomic E-state index is 11.8. The molecule has 2 aromatic heterocycles. The average molecular weight is 289 g/mol. The highest BCUT2D eigenvalue weighted by Crippen LogP contribution is 2.05. The van der Waals surface area contributed by atoms with E-state index in [9.17, 15) is 4.79 Å². The van der Waals surface area contributed by atoms with E-state index in [1.54, 1.807) is 30.4 Å². The van der Waals surface area contributed by atoms with Crippen LogP contribution in [-0.2, 0) is 17.8 Å². The summed E-state index contributed by atoms with van der Waals surface area (Å²) >= 11 is 0. The number of rotatable bonds is 6. The number of aryl methyl sites for hydroxylation is 1. The monoisotopic (exact) mass is 289 g/mol. The van der Waals surface area contributed by atoms with Crippen molar-refractivity contribution in [1.29, 1.82) is 0 Å². The number of methoxy groups -OCH3 is 1. The first-order valence-corrected chi connectivity index (χ1v) is 6.66. The standard InChI is InChI=1S/C14H19N5O2/c1-11-4-3-5-15-13(11)9-16-14(20)18-12-8-17-19(10-12)6-7-21-2/h3-5,8,10H,6-7,9H2,1-2H3,(H2,16,18,20). The van der Waals surface area contributed by atoms with Crippen LogP contribution in [0.15, 0.2) is 30.7 Å². The van der Waals surface area contributed by atoms with E-state index in [2.05, 4.69) is 20.7 Å². The summed E-state index contributed by atoms with van der Waals surface area (Å²) in [6.45, 7) is 3.57. The van der Waals surface area contributed by atoms with Crippen LogP contribution >= 0.6 is 0 Å². The van der Waals surface area contributed by atoms with E-state index < -0.39 is 0 Å². The van der Waals surface area contributed by atoms with E-state index in [1.165, 1.54) is 0 Å². The predicted molar refractivity (Wildman–Crippen MR) is 78.9 cm³/mol. The van der Waals surface area contributed by atoms with Crippen molar-refractivity contribution in [2.45, 2.75) is 20.0 Å². The van der Waals surface area contributed by atoms with Gasteiger partial charge in [0.25, 0.3) is 0 Å². The molecule has 0 spiro atoms. The lowest BCUT2D eigenvalue weighted by Gasteiger charge is -2.07. The molecule has 7 heteroatoms. The van der Waals surface area contributed by atoms with E-state index in [-0.39, 0.29) is 6.03 Å². The van der Waals surface area contributed by atoms with Crippen molar-refractivity contribution in [1.82, 2.24) is 20.1 Å². The molecule has 2 aromatic rings. The van der Waals surface area contributed by atoms with Crippen molar-refractivity contribution in [3.8, 4) is 0 Å². The van der Waals surface area contributed by atoms with Gasteiger partial charge in [0.2, 0.25) is 0 Å². The lowest BCUT2D eigenvalue weighted by atomic mass is 10.2. The number of hydrogen-bond donors (Lipinski definition) is 2. The molecule has 21 heavy (non-hydrogen) atoms. The van der Waals surface area contributed by atoms with Crippen LogP contribution in [0.1, 0.15) is 11.3 Å². The van der Waals surface area contributed by atoms with E-state index >= 15 is 0 Å². The topological polar surface area (TPSA) is 81.1 Å². The molecule has 0 unspecified atom stereocenters. The Hall–Kier alpha value is -2.41. The van der Waals surface area contributed by atoms with Gasteiger partial charge >= 0.3 is 6.03 Å². The van der Waals surface area contributed by atoms with Crippen molar-refractivity contribution < 1.29 is 9.53 Å². The van der Waals surface area contributed by atoms with Gasteiger partial charge in [0, 0.05) is 19.5 Å². The van der Waals surface area contributed by atoms with Crippen molar-refractivity contribution in [2.75, 3.05) is 19.0 Å². The number of carbonyl (C=O) groups is 1. The minimum Gasteiger partial charge on any atom is -0.383 e. The Morgan fingerprint density at radius 2 is 2.33 bits per heavy atom. The molecule has 0 radical (unpaired) electrons. The normalized spacial score (nSPS) is 10.4. The molecule has 0 aromatic carbocycles. The first-order chi connectivity index (χ1) is 10.2. The van der Waals surface area contributed by atoms with Crippen LogP contribution in [0, 0.1) is 6.92 Å². The third-order valence-corrected chi connectivity index (χ3v) is 2.95. The van der Waals surface area contributed by atoms with Gasteiger partial charge in [-0.15, -0.1) is 0 Å². The minimum atomic E-state index is -0.286. The second-order valence-corrected chi connectivity index (χ2v) is 4.56. The van der Waals surface area contributed by atoms with E-state index in [1.807, 2.05) is 19.1 Å². The number of nitrogens with zero attached hydrogens (tertiary/aromatic N) is 3. The van der Waals surface area contributed by atoms with Crippen molar-refractivity contribution in [3.63, 3.8) is 0 Å². The minimum absolute atomic E-state index is 0.286. The molecule has 0 aliphatic rings. The highest BCUT2D eigenvalue weighted by Gasteiger charge is 2.05. The van der Waals surface area contributed by atoms with Gasteiger partial charge in [0.1, 0.15) is 0 Å². The quantitative estimate of drug-likeness (QED) is 0.845. The Kier molecular flexibility index (Phi) is 5.28. The molecule has 0 fully saturated rings. The highest BCUT2D eigenvalue weighted by atomic mass is 16.5. The van der Waals surface area contributed by atoms with Crippen LogP contribution in [-0.4, -0.2) is 34.5 Å². The molecule has 2 N–H and O–H groups in total. The Morgan fingerprint density at radius 3 is 3.10 bits per heavy atom. The van der Waals surface area contributed by atoms with Gasteiger partial charge in [-0.25, -0.2) is 4.79 Å². The smallest absolute Gasteiger partial charge is 0.319 e. The van der Waals surface area contributed by atoms with E-state index in [0.717, 1.165) is 11.3 Å². The predicted octanol–water partition coefficient (Wildman–Crippen LogP) is 1.55. The van der Waals surface area contributed by atoms with Gasteiger partial charge in [0.15, 0.2) is 0 Å². The van der Waals surface area contributed by atoms with Crippen LogP contribution in [0.3, 0.4) is 0 Å². The molecule has 0 saturated carbocycles. The fraction of sp³-hybridized carbons (Fsp3) is 0.357. The fourth-order valence-electron chi connectivity index (χ4n) is 1.78. The summed E-state index contributed by atoms with van der Waals surface area (Å²) in [7, 11) is 1.63. The Morgan fingerprint density at radius 1 is 1.48 bits per heavy atom. The molecule has 112 valence electrons. The summed E-state index contributed by atoms with van der Waals surface area (Å²) in [4.78, 5) is 16.0. The van der Waals surface area contributed by atoms with Crippen LogP contribution in [0.5, 0.6) is 0 Å². The SMILES string of the molecule is COCCn1cc(NC(=O)NCc2ncccc2C)cn1. The second kappa shape index (κ2) is 7.39. The summed E-state index contributed by atoms with van der Waals surface area (Å²) in [5.41, 5.74) is 2.54. The molecule has 2 amide bonds. The summed E-state index contributed by atoms with van der Waals surface area (Å²) in [5, 5.41) is 9.61. The summed E-state index contributed by atoms with van der Waals surface area (Å²) in [5.74, 6) is 0. The van der Waals surface area contributed by atoms with Gasteiger partial charge in [-0.05, 0) is 18.6 Å². The molecule has 0 aliphatic carbocycles. The molecular weight excluding hydrogens is 270 g/mol. The van der Waals surface area contributed by atoms with Crippen molar-refractivity contribution in [2.24, 2.45) is 0 Å². The Balaban J connectivity index is 1.82. The third kappa shape index (κ3) is 4.57. The van der Waals surface area contributed by atoms with Gasteiger partial charge in [0.05, 0.1) is 37.3 Å². The number of anilines is 1. The molecule has 0 aliphatic heterocycles. The number of pyridine rings is 1. The van der Waals surface area contributed by atoms with Gasteiger partial charge in [-0.3, -0.25) is 9.67 Å². The van der Waals surface area contributed by atoms with Gasteiger partial charge in [-0.1, -0.05) is 6.07 Å². The van der Waals surface area contributed by atoms with Gasteiger partial charge in [-0.2, -0.15) is 5.10 Å². The molecule has 0 atom stereocenters. The zero-order valence-electron chi connectivity index (χ0n) is 12.2. The molecule has 7 nitrogen and oxygen atoms in total. The molecule has 0 saturated heterocycles. The van der Waals surface area contributed by atoms with Crippen molar-refractivity contribution in [3.05, 3.63) is 42.0 Å². The first kappa shape index (κ1) is 15.0. The zero-order chi connectivity index (χ0) is 15.1. The average Bonchev–Trinajstić information content (AvgIpc) is 2.91. The summed E-state index contributed by atoms with van der Waals surface area (Å²) in [6, 6.07) is 3.54. The number of carbonyl (C=O) groups excluding carboxylic acids is 1. The second-order valence-electron chi connectivity index (χ2n) is 4.56. The van der Waals surface area contributed by atoms with Gasteiger partial charge < -0.3 is 15.4 Å². The maximum Gasteiger partial charge on any atom is 0.319 e. The van der Waals surface area contributed by atoms with E-state index in [4.69, 9.17) is 4.74 Å². The third-order valence-electron chi connectivity index (χ3n) is 2.95. The summed E-state index contributed by atoms with van der Waals surface area (Å²) in [6.07, 6.45) is 5.06. The van der Waals surface area contributed by atoms with Crippen molar-refractivity contribution >= 4 is 11.7 Å². The highest BCUT2D eigenvalue weighted by molar-refractivity contribution is 5.88. The van der Waals surface area contributed by atoms with Crippen LogP contribution in [0.4, 0.5) is 10.5 Å². The molecule has 0 bridgehead atoms. The number of amides is 2. The Bertz CT molecular complexity index is 597. The van der Waals surface area contributed by atoms with Crippen LogP contribution < -0.4 is 10.6 Å². The number of ether oxygens (including phenoxy) is 1. The lowest BCUT2D eigenvalue weighted by molar-refractivity contribution is 0.183. The van der Waals surface area contributed by atoms with Crippen LogP contribution in [0.25, 0.3) is 0 Å². The number of hydrogen-bond acceptors (Lipinski definition) is 4. The Labute approximate surface area is 123 Å². The molecular formula is C14H19N5O2. The molecule has 2 rings (SSSR count). The maximum atomic E-state index is 11.8. The van der Waals surface area contributed by atoms with E-state index in [0.29, 0.717) is 25.4 Å². The zero-order valence-corrected chi connectivity index (χ0v) is 12.2. The number of aromatic nitrogens is 3. The first-order valence-electron chi connectivity index (χ1n) is 6.66. The van der Waals surface area contributed by atoms with Crippen LogP contribution in [0.2, 0.25) is 0 Å². The lowest BCUT2D eigenvalue weighted by Crippen LogP contribution is -2.28. The fourth-order valence-corrected chi connectivity index (χ4v) is 1.78. The number of urea groups is 1. The molecule has 2 heterocycles.